The minimum Gasteiger partial charge on any atom is -0.363 e. The van der Waals surface area contributed by atoms with Gasteiger partial charge in [0.05, 0.1) is 11.0 Å². The van der Waals surface area contributed by atoms with Crippen molar-refractivity contribution in [3.63, 3.8) is 0 Å². The summed E-state index contributed by atoms with van der Waals surface area (Å²) in [5, 5.41) is 5.53. The maximum Gasteiger partial charge on any atom is 0.272 e. The topological polar surface area (TPSA) is 84.0 Å². The van der Waals surface area contributed by atoms with Crippen molar-refractivity contribution in [2.75, 3.05) is 10.0 Å². The lowest BCUT2D eigenvalue weighted by molar-refractivity contribution is 0.603. The summed E-state index contributed by atoms with van der Waals surface area (Å²) >= 11 is 7.06. The molecule has 0 aliphatic rings. The molecule has 2 heterocycles. The lowest BCUT2D eigenvalue weighted by atomic mass is 10.2. The number of thiophene rings is 1. The second-order valence-electron chi connectivity index (χ2n) is 5.93. The van der Waals surface area contributed by atoms with E-state index in [1.165, 1.54) is 0 Å². The van der Waals surface area contributed by atoms with Crippen LogP contribution in [0.4, 0.5) is 11.6 Å². The molecule has 28 heavy (non-hydrogen) atoms. The summed E-state index contributed by atoms with van der Waals surface area (Å²) in [5.74, 6) is 0.509. The first-order valence-corrected chi connectivity index (χ1v) is 11.1. The molecule has 2 N–H and O–H groups in total. The van der Waals surface area contributed by atoms with E-state index >= 15 is 0 Å². The Hall–Kier alpha value is -2.68. The van der Waals surface area contributed by atoms with Crippen LogP contribution in [0, 0.1) is 0 Å². The Balaban J connectivity index is 1.69. The summed E-state index contributed by atoms with van der Waals surface area (Å²) in [6, 6.07) is 17.9. The first-order chi connectivity index (χ1) is 13.5. The number of aromatic nitrogens is 2. The highest BCUT2D eigenvalue weighted by atomic mass is 35.5. The van der Waals surface area contributed by atoms with Gasteiger partial charge in [-0.1, -0.05) is 41.9 Å². The summed E-state index contributed by atoms with van der Waals surface area (Å²) in [5.41, 5.74) is 2.25. The molecule has 0 amide bonds. The van der Waals surface area contributed by atoms with Gasteiger partial charge in [-0.3, -0.25) is 4.72 Å². The van der Waals surface area contributed by atoms with Crippen molar-refractivity contribution in [2.45, 2.75) is 10.8 Å². The Labute approximate surface area is 171 Å². The minimum atomic E-state index is -3.74. The number of nitrogens with one attached hydrogen (secondary N) is 2. The molecule has 2 aromatic heterocycles. The van der Waals surface area contributed by atoms with Crippen LogP contribution in [0.1, 0.15) is 5.56 Å². The van der Waals surface area contributed by atoms with Crippen LogP contribution >= 0.6 is 22.9 Å². The van der Waals surface area contributed by atoms with E-state index in [2.05, 4.69) is 20.0 Å². The van der Waals surface area contributed by atoms with Gasteiger partial charge in [-0.25, -0.2) is 18.4 Å². The normalized spacial score (nSPS) is 11.5. The summed E-state index contributed by atoms with van der Waals surface area (Å²) in [6.45, 7) is 0.442. The number of fused-ring (bicyclic) bond motifs is 1. The number of benzene rings is 2. The van der Waals surface area contributed by atoms with Gasteiger partial charge in [-0.2, -0.15) is 0 Å². The van der Waals surface area contributed by atoms with E-state index in [-0.39, 0.29) is 10.0 Å². The fourth-order valence-corrected chi connectivity index (χ4v) is 4.70. The summed E-state index contributed by atoms with van der Waals surface area (Å²) in [6.07, 6.45) is 0. The molecule has 0 aliphatic heterocycles. The molecule has 0 radical (unpaired) electrons. The minimum absolute atomic E-state index is 0.154. The van der Waals surface area contributed by atoms with Crippen LogP contribution in [0.3, 0.4) is 0 Å². The highest BCUT2D eigenvalue weighted by Gasteiger charge is 2.19. The predicted octanol–water partition coefficient (Wildman–Crippen LogP) is 4.76. The zero-order chi connectivity index (χ0) is 19.6. The van der Waals surface area contributed by atoms with Crippen molar-refractivity contribution in [1.29, 1.82) is 0 Å². The first kappa shape index (κ1) is 18.7. The van der Waals surface area contributed by atoms with Crippen molar-refractivity contribution >= 4 is 55.6 Å². The average Bonchev–Trinajstić information content (AvgIpc) is 3.23. The van der Waals surface area contributed by atoms with Crippen molar-refractivity contribution in [3.8, 4) is 0 Å². The van der Waals surface area contributed by atoms with Crippen LogP contribution in [0.25, 0.3) is 11.0 Å². The van der Waals surface area contributed by atoms with Gasteiger partial charge in [0.15, 0.2) is 11.6 Å². The van der Waals surface area contributed by atoms with Crippen molar-refractivity contribution in [2.24, 2.45) is 0 Å². The second kappa shape index (κ2) is 7.75. The van der Waals surface area contributed by atoms with Gasteiger partial charge in [-0.15, -0.1) is 11.3 Å². The molecular formula is C19H15ClN4O2S2. The number of rotatable bonds is 6. The molecular weight excluding hydrogens is 416 g/mol. The molecule has 9 heteroatoms. The Morgan fingerprint density at radius 1 is 0.893 bits per heavy atom. The molecule has 0 atom stereocenters. The molecule has 0 unspecified atom stereocenters. The van der Waals surface area contributed by atoms with Crippen molar-refractivity contribution in [3.05, 3.63) is 76.6 Å². The van der Waals surface area contributed by atoms with E-state index in [0.29, 0.717) is 28.4 Å². The Kier molecular flexibility index (Phi) is 5.17. The number of halogens is 1. The van der Waals surface area contributed by atoms with E-state index in [4.69, 9.17) is 11.6 Å². The lowest BCUT2D eigenvalue weighted by Crippen LogP contribution is -2.15. The first-order valence-electron chi connectivity index (χ1n) is 8.33. The van der Waals surface area contributed by atoms with Gasteiger partial charge in [0.2, 0.25) is 0 Å². The largest absolute Gasteiger partial charge is 0.363 e. The van der Waals surface area contributed by atoms with Gasteiger partial charge in [-0.05, 0) is 41.3 Å². The molecule has 6 nitrogen and oxygen atoms in total. The van der Waals surface area contributed by atoms with Gasteiger partial charge in [0.25, 0.3) is 10.0 Å². The Bertz CT molecular complexity index is 1210. The van der Waals surface area contributed by atoms with Crippen LogP contribution in [0.5, 0.6) is 0 Å². The Morgan fingerprint density at radius 2 is 1.57 bits per heavy atom. The second-order valence-corrected chi connectivity index (χ2v) is 9.22. The number of hydrogen-bond acceptors (Lipinski definition) is 6. The van der Waals surface area contributed by atoms with E-state index in [1.54, 1.807) is 35.7 Å². The van der Waals surface area contributed by atoms with Gasteiger partial charge in [0.1, 0.15) is 4.21 Å². The summed E-state index contributed by atoms with van der Waals surface area (Å²) in [4.78, 5) is 9.01. The van der Waals surface area contributed by atoms with Crippen LogP contribution in [-0.4, -0.2) is 18.4 Å². The lowest BCUT2D eigenvalue weighted by Gasteiger charge is -2.13. The van der Waals surface area contributed by atoms with E-state index < -0.39 is 10.0 Å². The van der Waals surface area contributed by atoms with E-state index in [9.17, 15) is 8.42 Å². The summed E-state index contributed by atoms with van der Waals surface area (Å²) in [7, 11) is -3.74. The number of anilines is 2. The quantitative estimate of drug-likeness (QED) is 0.460. The fraction of sp³-hybridized carbons (Fsp3) is 0.0526. The third-order valence-corrected chi connectivity index (χ3v) is 6.92. The number of hydrogen-bond donors (Lipinski definition) is 2. The Morgan fingerprint density at radius 3 is 2.21 bits per heavy atom. The predicted molar refractivity (Wildman–Crippen MR) is 113 cm³/mol. The molecule has 0 saturated carbocycles. The SMILES string of the molecule is O=S(=O)(Nc1nc2ccccc2nc1NCc1ccc(Cl)cc1)c1cccs1. The summed E-state index contributed by atoms with van der Waals surface area (Å²) < 4.78 is 28.1. The third kappa shape index (κ3) is 4.09. The molecule has 142 valence electrons. The zero-order valence-corrected chi connectivity index (χ0v) is 16.9. The molecule has 0 bridgehead atoms. The standard InChI is InChI=1S/C19H15ClN4O2S2/c20-14-9-7-13(8-10-14)12-21-18-19(23-16-5-2-1-4-15(16)22-18)24-28(25,26)17-6-3-11-27-17/h1-11H,12H2,(H,21,22)(H,23,24). The van der Waals surface area contributed by atoms with Crippen LogP contribution in [0.15, 0.2) is 70.3 Å². The highest BCUT2D eigenvalue weighted by Crippen LogP contribution is 2.26. The number of nitrogens with zero attached hydrogens (tertiary/aromatic N) is 2. The molecule has 0 fully saturated rings. The zero-order valence-electron chi connectivity index (χ0n) is 14.5. The molecule has 0 spiro atoms. The van der Waals surface area contributed by atoms with E-state index in [1.807, 2.05) is 30.3 Å². The smallest absolute Gasteiger partial charge is 0.272 e. The molecule has 0 aliphatic carbocycles. The average molecular weight is 431 g/mol. The molecule has 0 saturated heterocycles. The van der Waals surface area contributed by atoms with Crippen LogP contribution in [0.2, 0.25) is 5.02 Å². The van der Waals surface area contributed by atoms with E-state index in [0.717, 1.165) is 16.9 Å². The van der Waals surface area contributed by atoms with Crippen molar-refractivity contribution in [1.82, 2.24) is 9.97 Å². The maximum absolute atomic E-state index is 12.7. The maximum atomic E-state index is 12.7. The van der Waals surface area contributed by atoms with Gasteiger partial charge >= 0.3 is 0 Å². The van der Waals surface area contributed by atoms with Gasteiger partial charge < -0.3 is 5.32 Å². The molecule has 2 aromatic carbocycles. The van der Waals surface area contributed by atoms with Crippen molar-refractivity contribution < 1.29 is 8.42 Å². The number of sulfonamides is 1. The van der Waals surface area contributed by atoms with Crippen LogP contribution in [-0.2, 0) is 16.6 Å². The fourth-order valence-electron chi connectivity index (χ4n) is 2.58. The van der Waals surface area contributed by atoms with Gasteiger partial charge in [0, 0.05) is 11.6 Å². The van der Waals surface area contributed by atoms with Crippen LogP contribution < -0.4 is 10.0 Å². The molecule has 4 rings (SSSR count). The monoisotopic (exact) mass is 430 g/mol. The number of para-hydroxylation sites is 2. The third-order valence-electron chi connectivity index (χ3n) is 3.93. The molecule has 4 aromatic rings. The highest BCUT2D eigenvalue weighted by molar-refractivity contribution is 7.94.